The van der Waals surface area contributed by atoms with Crippen LogP contribution in [-0.2, 0) is 34.9 Å². The van der Waals surface area contributed by atoms with Gasteiger partial charge in [0.15, 0.2) is 5.78 Å². The van der Waals surface area contributed by atoms with Gasteiger partial charge in [-0.15, -0.1) is 0 Å². The molecule has 0 aliphatic rings. The molecule has 0 saturated heterocycles. The number of benzene rings is 2. The molecule has 10 heteroatoms. The van der Waals surface area contributed by atoms with Gasteiger partial charge in [0.1, 0.15) is 17.2 Å². The molecule has 1 heterocycles. The molecule has 0 radical (unpaired) electrons. The largest absolute Gasteiger partial charge is 0.507 e. The average molecular weight is 543 g/mol. The molecule has 1 amide bonds. The second-order valence-corrected chi connectivity index (χ2v) is 11.5. The number of amides is 1. The molecular formula is C28H31FN2O6S. The van der Waals surface area contributed by atoms with Crippen LogP contribution in [0.25, 0.3) is 11.1 Å². The molecule has 0 bridgehead atoms. The molecule has 0 fully saturated rings. The van der Waals surface area contributed by atoms with Crippen molar-refractivity contribution in [2.24, 2.45) is 7.05 Å². The van der Waals surface area contributed by atoms with Crippen LogP contribution in [0.1, 0.15) is 54.7 Å². The molecule has 8 nitrogen and oxygen atoms in total. The van der Waals surface area contributed by atoms with E-state index in [4.69, 9.17) is 4.74 Å². The van der Waals surface area contributed by atoms with Crippen LogP contribution >= 0.6 is 0 Å². The van der Waals surface area contributed by atoms with Crippen LogP contribution < -0.4 is 10.9 Å². The quantitative estimate of drug-likeness (QED) is 0.407. The Morgan fingerprint density at radius 1 is 1.08 bits per heavy atom. The lowest BCUT2D eigenvalue weighted by Gasteiger charge is -2.20. The molecule has 0 saturated carbocycles. The van der Waals surface area contributed by atoms with Gasteiger partial charge in [-0.25, -0.2) is 9.18 Å². The number of phenols is 1. The van der Waals surface area contributed by atoms with Crippen molar-refractivity contribution in [3.63, 3.8) is 0 Å². The van der Waals surface area contributed by atoms with Crippen LogP contribution in [0.4, 0.5) is 9.18 Å². The Balaban J connectivity index is 2.17. The Bertz CT molecular complexity index is 1460. The molecule has 38 heavy (non-hydrogen) atoms. The molecule has 1 aromatic heterocycles. The molecule has 202 valence electrons. The summed E-state index contributed by atoms with van der Waals surface area (Å²) in [6.07, 6.45) is 0.870. The Hall–Kier alpha value is -3.79. The Morgan fingerprint density at radius 2 is 1.76 bits per heavy atom. The number of ketones is 1. The normalized spacial score (nSPS) is 12.2. The minimum Gasteiger partial charge on any atom is -0.507 e. The molecule has 0 aliphatic carbocycles. The fourth-order valence-corrected chi connectivity index (χ4v) is 4.53. The number of nitrogens with one attached hydrogen (secondary N) is 1. The average Bonchev–Trinajstić information content (AvgIpc) is 2.83. The summed E-state index contributed by atoms with van der Waals surface area (Å²) >= 11 is 0. The van der Waals surface area contributed by atoms with Crippen LogP contribution in [0, 0.1) is 5.82 Å². The molecule has 3 aromatic rings. The number of hydrogen-bond donors (Lipinski definition) is 2. The smallest absolute Gasteiger partial charge is 0.407 e. The van der Waals surface area contributed by atoms with E-state index in [0.717, 1.165) is 12.1 Å². The molecule has 1 atom stereocenters. The summed E-state index contributed by atoms with van der Waals surface area (Å²) in [5.41, 5.74) is 1.01. The van der Waals surface area contributed by atoms with Crippen molar-refractivity contribution in [1.29, 1.82) is 0 Å². The highest BCUT2D eigenvalue weighted by Gasteiger charge is 2.22. The Labute approximate surface area is 222 Å². The van der Waals surface area contributed by atoms with Gasteiger partial charge in [0, 0.05) is 65.4 Å². The maximum absolute atomic E-state index is 13.6. The molecule has 0 spiro atoms. The molecule has 1 unspecified atom stereocenters. The monoisotopic (exact) mass is 542 g/mol. The summed E-state index contributed by atoms with van der Waals surface area (Å²) in [7, 11) is 0.425. The van der Waals surface area contributed by atoms with Gasteiger partial charge < -0.3 is 19.7 Å². The van der Waals surface area contributed by atoms with E-state index in [1.54, 1.807) is 59.1 Å². The minimum absolute atomic E-state index is 0.0686. The predicted molar refractivity (Wildman–Crippen MR) is 144 cm³/mol. The second kappa shape index (κ2) is 11.7. The lowest BCUT2D eigenvalue weighted by molar-refractivity contribution is 0.0523. The summed E-state index contributed by atoms with van der Waals surface area (Å²) < 4.78 is 32.5. The first kappa shape index (κ1) is 28.8. The maximum atomic E-state index is 13.6. The van der Waals surface area contributed by atoms with E-state index in [1.165, 1.54) is 16.7 Å². The van der Waals surface area contributed by atoms with E-state index in [1.807, 2.05) is 0 Å². The fraction of sp³-hybridized carbons (Fsp3) is 0.321. The van der Waals surface area contributed by atoms with Gasteiger partial charge in [0.25, 0.3) is 5.56 Å². The first-order valence-electron chi connectivity index (χ1n) is 12.0. The highest BCUT2D eigenvalue weighted by molar-refractivity contribution is 7.84. The molecule has 2 aromatic carbocycles. The van der Waals surface area contributed by atoms with Gasteiger partial charge in [-0.3, -0.25) is 13.8 Å². The SMILES string of the molecule is CCS(=O)Cc1ccc(C(=O)c2ccc(F)cc2O)c(-c2cn(C)c(=O)cc2CNC(=O)OC(C)(C)C)c1. The summed E-state index contributed by atoms with van der Waals surface area (Å²) in [6.45, 7) is 6.92. The van der Waals surface area contributed by atoms with Gasteiger partial charge in [-0.05, 0) is 55.7 Å². The number of hydrogen-bond acceptors (Lipinski definition) is 6. The van der Waals surface area contributed by atoms with E-state index >= 15 is 0 Å². The number of alkyl carbamates (subject to hydrolysis) is 1. The number of ether oxygens (including phenoxy) is 1. The van der Waals surface area contributed by atoms with Crippen molar-refractivity contribution in [3.05, 3.63) is 87.1 Å². The lowest BCUT2D eigenvalue weighted by Crippen LogP contribution is -2.32. The van der Waals surface area contributed by atoms with E-state index in [-0.39, 0.29) is 29.0 Å². The zero-order valence-corrected chi connectivity index (χ0v) is 22.8. The third kappa shape index (κ3) is 7.16. The van der Waals surface area contributed by atoms with E-state index in [9.17, 15) is 28.1 Å². The van der Waals surface area contributed by atoms with E-state index < -0.39 is 39.8 Å². The van der Waals surface area contributed by atoms with Crippen LogP contribution in [0.2, 0.25) is 0 Å². The first-order valence-corrected chi connectivity index (χ1v) is 13.5. The standard InChI is InChI=1S/C28H31FN2O6S/c1-6-38(36)16-17-7-9-20(26(34)21-10-8-19(29)13-24(21)32)22(11-17)23-15-31(5)25(33)12-18(23)14-30-27(35)37-28(2,3)4/h7-13,15,32H,6,14,16H2,1-5H3,(H,30,35). The van der Waals surface area contributed by atoms with Gasteiger partial charge in [0.2, 0.25) is 0 Å². The van der Waals surface area contributed by atoms with E-state index in [2.05, 4.69) is 5.32 Å². The van der Waals surface area contributed by atoms with Crippen molar-refractivity contribution in [1.82, 2.24) is 9.88 Å². The topological polar surface area (TPSA) is 115 Å². The summed E-state index contributed by atoms with van der Waals surface area (Å²) in [5, 5.41) is 12.9. The number of aromatic hydroxyl groups is 1. The number of phenolic OH excluding ortho intramolecular Hbond substituents is 1. The summed E-state index contributed by atoms with van der Waals surface area (Å²) in [5.74, 6) is -1.07. The third-order valence-electron chi connectivity index (χ3n) is 5.61. The van der Waals surface area contributed by atoms with Crippen molar-refractivity contribution in [2.75, 3.05) is 5.75 Å². The van der Waals surface area contributed by atoms with Crippen LogP contribution in [-0.4, -0.2) is 37.1 Å². The summed E-state index contributed by atoms with van der Waals surface area (Å²) in [6, 6.07) is 9.42. The Morgan fingerprint density at radius 3 is 2.39 bits per heavy atom. The van der Waals surface area contributed by atoms with Crippen LogP contribution in [0.3, 0.4) is 0 Å². The van der Waals surface area contributed by atoms with Crippen molar-refractivity contribution >= 4 is 22.7 Å². The number of aryl methyl sites for hydroxylation is 1. The zero-order chi connectivity index (χ0) is 28.2. The zero-order valence-electron chi connectivity index (χ0n) is 22.0. The highest BCUT2D eigenvalue weighted by atomic mass is 32.2. The van der Waals surface area contributed by atoms with Gasteiger partial charge >= 0.3 is 6.09 Å². The summed E-state index contributed by atoms with van der Waals surface area (Å²) in [4.78, 5) is 38.4. The molecule has 2 N–H and O–H groups in total. The van der Waals surface area contributed by atoms with Crippen LogP contribution in [0.15, 0.2) is 53.5 Å². The van der Waals surface area contributed by atoms with Crippen molar-refractivity contribution in [3.8, 4) is 16.9 Å². The maximum Gasteiger partial charge on any atom is 0.407 e. The van der Waals surface area contributed by atoms with Gasteiger partial charge in [0.05, 0.1) is 5.56 Å². The number of rotatable bonds is 8. The minimum atomic E-state index is -1.13. The molecular weight excluding hydrogens is 511 g/mol. The number of carbonyl (C=O) groups is 2. The van der Waals surface area contributed by atoms with Gasteiger partial charge in [-0.1, -0.05) is 19.1 Å². The number of halogens is 1. The second-order valence-electron chi connectivity index (χ2n) is 9.76. The number of nitrogens with zero attached hydrogens (tertiary/aromatic N) is 1. The number of carbonyl (C=O) groups excluding carboxylic acids is 2. The number of pyridine rings is 1. The van der Waals surface area contributed by atoms with Crippen LogP contribution in [0.5, 0.6) is 5.75 Å². The van der Waals surface area contributed by atoms with E-state index in [0.29, 0.717) is 28.0 Å². The number of aromatic nitrogens is 1. The highest BCUT2D eigenvalue weighted by Crippen LogP contribution is 2.32. The molecule has 3 rings (SSSR count). The van der Waals surface area contributed by atoms with Gasteiger partial charge in [-0.2, -0.15) is 0 Å². The van der Waals surface area contributed by atoms with Crippen molar-refractivity contribution < 1.29 is 28.0 Å². The first-order chi connectivity index (χ1) is 17.8. The molecule has 0 aliphatic heterocycles. The third-order valence-corrected chi connectivity index (χ3v) is 6.91. The predicted octanol–water partition coefficient (Wildman–Crippen LogP) is 4.42. The fourth-order valence-electron chi connectivity index (χ4n) is 3.77. The Kier molecular flexibility index (Phi) is 8.88. The lowest BCUT2D eigenvalue weighted by atomic mass is 9.90. The van der Waals surface area contributed by atoms with Crippen molar-refractivity contribution in [2.45, 2.75) is 45.6 Å².